The summed E-state index contributed by atoms with van der Waals surface area (Å²) in [7, 11) is 1.66. The van der Waals surface area contributed by atoms with Crippen LogP contribution in [0.2, 0.25) is 0 Å². The number of hydrogen-bond acceptors (Lipinski definition) is 5. The molecule has 19 heavy (non-hydrogen) atoms. The summed E-state index contributed by atoms with van der Waals surface area (Å²) in [5, 5.41) is 7.57. The van der Waals surface area contributed by atoms with Crippen molar-refractivity contribution in [1.82, 2.24) is 15.5 Å². The van der Waals surface area contributed by atoms with E-state index in [0.29, 0.717) is 17.8 Å². The predicted molar refractivity (Wildman–Crippen MR) is 72.8 cm³/mol. The van der Waals surface area contributed by atoms with E-state index in [4.69, 9.17) is 9.26 Å². The van der Waals surface area contributed by atoms with E-state index >= 15 is 0 Å². The molecule has 3 atom stereocenters. The monoisotopic (exact) mass is 267 g/mol. The Labute approximate surface area is 115 Å². The van der Waals surface area contributed by atoms with Crippen LogP contribution in [0.5, 0.6) is 0 Å². The van der Waals surface area contributed by atoms with Crippen molar-refractivity contribution < 1.29 is 9.26 Å². The molecule has 1 aliphatic rings. The first kappa shape index (κ1) is 14.5. The molecule has 1 saturated carbocycles. The van der Waals surface area contributed by atoms with Crippen LogP contribution in [0, 0.1) is 5.92 Å². The van der Waals surface area contributed by atoms with E-state index in [0.717, 1.165) is 18.9 Å². The highest BCUT2D eigenvalue weighted by Crippen LogP contribution is 2.27. The molecule has 0 aromatic carbocycles. The van der Waals surface area contributed by atoms with Crippen molar-refractivity contribution in [3.05, 3.63) is 11.7 Å². The lowest BCUT2D eigenvalue weighted by Crippen LogP contribution is -2.39. The van der Waals surface area contributed by atoms with Crippen LogP contribution in [0.3, 0.4) is 0 Å². The fourth-order valence-electron chi connectivity index (χ4n) is 2.83. The summed E-state index contributed by atoms with van der Waals surface area (Å²) in [6, 6.07) is 0.592. The van der Waals surface area contributed by atoms with Crippen molar-refractivity contribution in [2.24, 2.45) is 5.92 Å². The van der Waals surface area contributed by atoms with Crippen LogP contribution < -0.4 is 5.32 Å². The molecule has 0 spiro atoms. The van der Waals surface area contributed by atoms with Gasteiger partial charge in [0.2, 0.25) is 5.89 Å². The van der Waals surface area contributed by atoms with E-state index in [-0.39, 0.29) is 6.10 Å². The number of ether oxygens (including phenoxy) is 1. The Hall–Kier alpha value is -0.940. The van der Waals surface area contributed by atoms with Gasteiger partial charge >= 0.3 is 0 Å². The third-order valence-electron chi connectivity index (χ3n) is 4.01. The number of nitrogens with one attached hydrogen (secondary N) is 1. The molecule has 3 unspecified atom stereocenters. The van der Waals surface area contributed by atoms with Crippen LogP contribution >= 0.6 is 0 Å². The molecule has 1 aliphatic carbocycles. The average molecular weight is 267 g/mol. The number of rotatable bonds is 6. The van der Waals surface area contributed by atoms with Gasteiger partial charge in [0.05, 0.1) is 0 Å². The van der Waals surface area contributed by atoms with Crippen LogP contribution in [-0.4, -0.2) is 29.8 Å². The molecule has 0 amide bonds. The first-order valence-corrected chi connectivity index (χ1v) is 7.33. The largest absolute Gasteiger partial charge is 0.374 e. The van der Waals surface area contributed by atoms with Crippen LogP contribution in [-0.2, 0) is 11.2 Å². The highest BCUT2D eigenvalue weighted by Gasteiger charge is 2.26. The van der Waals surface area contributed by atoms with E-state index in [1.807, 2.05) is 6.92 Å². The number of methoxy groups -OCH3 is 1. The smallest absolute Gasteiger partial charge is 0.227 e. The molecule has 108 valence electrons. The van der Waals surface area contributed by atoms with Crippen molar-refractivity contribution in [2.75, 3.05) is 13.7 Å². The molecule has 1 fully saturated rings. The topological polar surface area (TPSA) is 60.2 Å². The lowest BCUT2D eigenvalue weighted by atomic mass is 9.82. The van der Waals surface area contributed by atoms with E-state index in [9.17, 15) is 0 Å². The molecule has 2 rings (SSSR count). The van der Waals surface area contributed by atoms with Crippen molar-refractivity contribution in [1.29, 1.82) is 0 Å². The van der Waals surface area contributed by atoms with Gasteiger partial charge in [-0.05, 0) is 32.2 Å². The lowest BCUT2D eigenvalue weighted by molar-refractivity contribution is 0.109. The second kappa shape index (κ2) is 7.01. The van der Waals surface area contributed by atoms with Gasteiger partial charge in [-0.3, -0.25) is 0 Å². The molecule has 1 heterocycles. The van der Waals surface area contributed by atoms with Crippen LogP contribution in [0.4, 0.5) is 0 Å². The maximum atomic E-state index is 5.35. The quantitative estimate of drug-likeness (QED) is 0.858. The summed E-state index contributed by atoms with van der Waals surface area (Å²) >= 11 is 0. The van der Waals surface area contributed by atoms with Crippen molar-refractivity contribution in [2.45, 2.75) is 58.1 Å². The Balaban J connectivity index is 1.96. The van der Waals surface area contributed by atoms with E-state index in [1.165, 1.54) is 25.7 Å². The van der Waals surface area contributed by atoms with E-state index in [1.54, 1.807) is 7.11 Å². The second-order valence-corrected chi connectivity index (χ2v) is 5.34. The van der Waals surface area contributed by atoms with Gasteiger partial charge < -0.3 is 14.6 Å². The maximum absolute atomic E-state index is 5.35. The maximum Gasteiger partial charge on any atom is 0.227 e. The summed E-state index contributed by atoms with van der Waals surface area (Å²) < 4.78 is 10.5. The Kier molecular flexibility index (Phi) is 5.34. The molecule has 1 aromatic rings. The molecule has 5 nitrogen and oxygen atoms in total. The summed E-state index contributed by atoms with van der Waals surface area (Å²) in [6.07, 6.45) is 5.91. The first-order chi connectivity index (χ1) is 9.24. The zero-order valence-corrected chi connectivity index (χ0v) is 12.2. The average Bonchev–Trinajstić information content (AvgIpc) is 2.89. The van der Waals surface area contributed by atoms with Gasteiger partial charge in [0.15, 0.2) is 5.82 Å². The molecule has 1 N–H and O–H groups in total. The summed E-state index contributed by atoms with van der Waals surface area (Å²) in [4.78, 5) is 4.44. The van der Waals surface area contributed by atoms with Gasteiger partial charge in [-0.25, -0.2) is 0 Å². The van der Waals surface area contributed by atoms with Crippen molar-refractivity contribution >= 4 is 0 Å². The zero-order chi connectivity index (χ0) is 13.7. The minimum atomic E-state index is -0.103. The van der Waals surface area contributed by atoms with Crippen molar-refractivity contribution in [3.8, 4) is 0 Å². The molecule has 0 aliphatic heterocycles. The van der Waals surface area contributed by atoms with Crippen LogP contribution in [0.15, 0.2) is 4.52 Å². The highest BCUT2D eigenvalue weighted by atomic mass is 16.5. The molecule has 0 radical (unpaired) electrons. The van der Waals surface area contributed by atoms with Gasteiger partial charge in [0.25, 0.3) is 0 Å². The third kappa shape index (κ3) is 3.76. The Morgan fingerprint density at radius 1 is 1.42 bits per heavy atom. The SMILES string of the molecule is CCNC1CCCCC1Cc1nc(C(C)OC)no1. The molecular weight excluding hydrogens is 242 g/mol. The van der Waals surface area contributed by atoms with E-state index < -0.39 is 0 Å². The Bertz CT molecular complexity index is 379. The number of hydrogen-bond donors (Lipinski definition) is 1. The minimum absolute atomic E-state index is 0.103. The molecule has 5 heteroatoms. The third-order valence-corrected chi connectivity index (χ3v) is 4.01. The van der Waals surface area contributed by atoms with Crippen LogP contribution in [0.25, 0.3) is 0 Å². The van der Waals surface area contributed by atoms with Gasteiger partial charge in [-0.2, -0.15) is 4.98 Å². The summed E-state index contributed by atoms with van der Waals surface area (Å²) in [6.45, 7) is 5.12. The fraction of sp³-hybridized carbons (Fsp3) is 0.857. The Morgan fingerprint density at radius 3 is 2.95 bits per heavy atom. The number of aromatic nitrogens is 2. The number of nitrogens with zero attached hydrogens (tertiary/aromatic N) is 2. The van der Waals surface area contributed by atoms with Gasteiger partial charge in [0, 0.05) is 19.6 Å². The van der Waals surface area contributed by atoms with Gasteiger partial charge in [-0.15, -0.1) is 0 Å². The summed E-state index contributed by atoms with van der Waals surface area (Å²) in [5.41, 5.74) is 0. The normalized spacial score (nSPS) is 25.4. The lowest BCUT2D eigenvalue weighted by Gasteiger charge is -2.31. The molecule has 0 saturated heterocycles. The molecule has 0 bridgehead atoms. The van der Waals surface area contributed by atoms with Crippen LogP contribution in [0.1, 0.15) is 57.3 Å². The summed E-state index contributed by atoms with van der Waals surface area (Å²) in [5.74, 6) is 2.00. The zero-order valence-electron chi connectivity index (χ0n) is 12.2. The van der Waals surface area contributed by atoms with Crippen molar-refractivity contribution in [3.63, 3.8) is 0 Å². The standard InChI is InChI=1S/C14H25N3O2/c1-4-15-12-8-6-5-7-11(12)9-13-16-14(17-19-13)10(2)18-3/h10-12,15H,4-9H2,1-3H3. The highest BCUT2D eigenvalue weighted by molar-refractivity contribution is 4.93. The fourth-order valence-corrected chi connectivity index (χ4v) is 2.83. The first-order valence-electron chi connectivity index (χ1n) is 7.33. The van der Waals surface area contributed by atoms with Gasteiger partial charge in [0.1, 0.15) is 6.10 Å². The van der Waals surface area contributed by atoms with E-state index in [2.05, 4.69) is 22.4 Å². The predicted octanol–water partition coefficient (Wildman–Crippen LogP) is 2.49. The molecular formula is C14H25N3O2. The Morgan fingerprint density at radius 2 is 2.21 bits per heavy atom. The van der Waals surface area contributed by atoms with Gasteiger partial charge in [-0.1, -0.05) is 24.9 Å². The molecule has 1 aromatic heterocycles. The minimum Gasteiger partial charge on any atom is -0.374 e. The second-order valence-electron chi connectivity index (χ2n) is 5.34.